The van der Waals surface area contributed by atoms with Gasteiger partial charge in [0.2, 0.25) is 0 Å². The van der Waals surface area contributed by atoms with Crippen molar-refractivity contribution in [3.8, 4) is 0 Å². The first-order valence-electron chi connectivity index (χ1n) is 7.67. The molecule has 0 saturated heterocycles. The number of carbonyl (C=O) groups excluding carboxylic acids is 1. The van der Waals surface area contributed by atoms with Crippen LogP contribution in [0.15, 0.2) is 18.2 Å². The number of halogens is 2. The maximum absolute atomic E-state index is 12.7. The van der Waals surface area contributed by atoms with Crippen molar-refractivity contribution in [2.45, 2.75) is 59.0 Å². The number of hydrogen-bond donors (Lipinski definition) is 0. The van der Waals surface area contributed by atoms with E-state index in [0.717, 1.165) is 25.8 Å². The van der Waals surface area contributed by atoms with Gasteiger partial charge in [-0.15, -0.1) is 0 Å². The highest BCUT2D eigenvalue weighted by Crippen LogP contribution is 2.24. The summed E-state index contributed by atoms with van der Waals surface area (Å²) in [6, 6.07) is 5.26. The second-order valence-corrected chi connectivity index (χ2v) is 6.36. The van der Waals surface area contributed by atoms with Crippen molar-refractivity contribution < 1.29 is 4.79 Å². The van der Waals surface area contributed by atoms with Gasteiger partial charge in [0.05, 0.1) is 11.1 Å². The normalized spacial score (nSPS) is 14.2. The summed E-state index contributed by atoms with van der Waals surface area (Å²) in [5.74, 6) is 0.0630. The molecule has 1 rings (SSSR count). The third-order valence-electron chi connectivity index (χ3n) is 4.00. The summed E-state index contributed by atoms with van der Waals surface area (Å²) in [5, 5.41) is 0.980. The van der Waals surface area contributed by atoms with E-state index < -0.39 is 0 Å². The third-order valence-corrected chi connectivity index (χ3v) is 4.55. The van der Waals surface area contributed by atoms with E-state index in [4.69, 9.17) is 23.2 Å². The predicted molar refractivity (Wildman–Crippen MR) is 91.6 cm³/mol. The fourth-order valence-corrected chi connectivity index (χ4v) is 2.94. The molecule has 0 N–H and O–H groups in total. The van der Waals surface area contributed by atoms with Crippen LogP contribution in [0, 0.1) is 0 Å². The van der Waals surface area contributed by atoms with E-state index in [1.165, 1.54) is 0 Å². The van der Waals surface area contributed by atoms with Crippen LogP contribution in [0.2, 0.25) is 10.0 Å². The van der Waals surface area contributed by atoms with Gasteiger partial charge in [-0.25, -0.2) is 0 Å². The molecule has 2 unspecified atom stereocenters. The van der Waals surface area contributed by atoms with E-state index in [9.17, 15) is 4.79 Å². The summed E-state index contributed by atoms with van der Waals surface area (Å²) >= 11 is 12.1. The highest BCUT2D eigenvalue weighted by atomic mass is 35.5. The van der Waals surface area contributed by atoms with Gasteiger partial charge < -0.3 is 0 Å². The van der Waals surface area contributed by atoms with Crippen molar-refractivity contribution in [1.82, 2.24) is 4.90 Å². The molecular weight excluding hydrogens is 305 g/mol. The molecule has 0 bridgehead atoms. The molecule has 118 valence electrons. The van der Waals surface area contributed by atoms with E-state index >= 15 is 0 Å². The Morgan fingerprint density at radius 2 is 1.90 bits per heavy atom. The number of ketones is 1. The molecular formula is C17H25Cl2NO. The number of Topliss-reactive ketones (excluding diaryl/α,β-unsaturated/α-hetero) is 1. The number of rotatable bonds is 8. The van der Waals surface area contributed by atoms with Crippen molar-refractivity contribution in [3.63, 3.8) is 0 Å². The quantitative estimate of drug-likeness (QED) is 0.590. The maximum atomic E-state index is 12.7. The molecule has 0 spiro atoms. The Morgan fingerprint density at radius 1 is 1.24 bits per heavy atom. The van der Waals surface area contributed by atoms with Crippen LogP contribution in [0.5, 0.6) is 0 Å². The number of nitrogens with zero attached hydrogens (tertiary/aromatic N) is 1. The van der Waals surface area contributed by atoms with Gasteiger partial charge in [-0.05, 0) is 51.4 Å². The lowest BCUT2D eigenvalue weighted by molar-refractivity contribution is 0.0766. The SMILES string of the molecule is CCCCN(C(C)CC)C(C)C(=O)c1ccc(Cl)cc1Cl. The zero-order valence-electron chi connectivity index (χ0n) is 13.3. The zero-order chi connectivity index (χ0) is 16.0. The van der Waals surface area contributed by atoms with Gasteiger partial charge in [0.1, 0.15) is 0 Å². The van der Waals surface area contributed by atoms with Crippen LogP contribution in [0.1, 0.15) is 57.3 Å². The molecule has 0 amide bonds. The molecule has 4 heteroatoms. The lowest BCUT2D eigenvalue weighted by atomic mass is 10.0. The van der Waals surface area contributed by atoms with E-state index in [2.05, 4.69) is 25.7 Å². The fraction of sp³-hybridized carbons (Fsp3) is 0.588. The zero-order valence-corrected chi connectivity index (χ0v) is 14.8. The van der Waals surface area contributed by atoms with Gasteiger partial charge in [0, 0.05) is 16.6 Å². The molecule has 21 heavy (non-hydrogen) atoms. The van der Waals surface area contributed by atoms with Gasteiger partial charge in [0.25, 0.3) is 0 Å². The topological polar surface area (TPSA) is 20.3 Å². The third kappa shape index (κ3) is 4.98. The fourth-order valence-electron chi connectivity index (χ4n) is 2.44. The van der Waals surface area contributed by atoms with E-state index in [-0.39, 0.29) is 11.8 Å². The molecule has 1 aromatic rings. The molecule has 0 aromatic heterocycles. The summed E-state index contributed by atoms with van der Waals surface area (Å²) in [5.41, 5.74) is 0.554. The van der Waals surface area contributed by atoms with Gasteiger partial charge in [-0.3, -0.25) is 9.69 Å². The van der Waals surface area contributed by atoms with Crippen molar-refractivity contribution in [1.29, 1.82) is 0 Å². The highest BCUT2D eigenvalue weighted by Gasteiger charge is 2.26. The molecule has 0 radical (unpaired) electrons. The van der Waals surface area contributed by atoms with Crippen molar-refractivity contribution in [2.24, 2.45) is 0 Å². The van der Waals surface area contributed by atoms with E-state index in [0.29, 0.717) is 21.7 Å². The summed E-state index contributed by atoms with van der Waals surface area (Å²) in [7, 11) is 0. The van der Waals surface area contributed by atoms with Crippen molar-refractivity contribution in [3.05, 3.63) is 33.8 Å². The minimum absolute atomic E-state index is 0.0630. The van der Waals surface area contributed by atoms with Crippen LogP contribution in [0.4, 0.5) is 0 Å². The molecule has 0 aliphatic heterocycles. The number of carbonyl (C=O) groups is 1. The first-order chi connectivity index (χ1) is 9.92. The lowest BCUT2D eigenvalue weighted by Crippen LogP contribution is -2.45. The van der Waals surface area contributed by atoms with Crippen molar-refractivity contribution in [2.75, 3.05) is 6.54 Å². The highest BCUT2D eigenvalue weighted by molar-refractivity contribution is 6.37. The van der Waals surface area contributed by atoms with Crippen LogP contribution in [-0.2, 0) is 0 Å². The minimum Gasteiger partial charge on any atom is -0.292 e. The van der Waals surface area contributed by atoms with Gasteiger partial charge in [-0.2, -0.15) is 0 Å². The molecule has 2 nitrogen and oxygen atoms in total. The minimum atomic E-state index is -0.176. The first kappa shape index (κ1) is 18.5. The Hall–Kier alpha value is -0.570. The van der Waals surface area contributed by atoms with Gasteiger partial charge >= 0.3 is 0 Å². The first-order valence-corrected chi connectivity index (χ1v) is 8.42. The average molecular weight is 330 g/mol. The molecule has 0 heterocycles. The van der Waals surface area contributed by atoms with Crippen LogP contribution < -0.4 is 0 Å². The molecule has 0 fully saturated rings. The summed E-state index contributed by atoms with van der Waals surface area (Å²) in [6.07, 6.45) is 3.24. The second-order valence-electron chi connectivity index (χ2n) is 5.51. The summed E-state index contributed by atoms with van der Waals surface area (Å²) in [4.78, 5) is 15.0. The monoisotopic (exact) mass is 329 g/mol. The Labute approximate surface area is 138 Å². The van der Waals surface area contributed by atoms with Crippen LogP contribution >= 0.6 is 23.2 Å². The van der Waals surface area contributed by atoms with E-state index in [1.807, 2.05) is 6.92 Å². The maximum Gasteiger partial charge on any atom is 0.181 e. The van der Waals surface area contributed by atoms with Gasteiger partial charge in [0.15, 0.2) is 5.78 Å². The second kappa shape index (κ2) is 8.77. The average Bonchev–Trinajstić information content (AvgIpc) is 2.46. The Balaban J connectivity index is 2.96. The molecule has 2 atom stereocenters. The largest absolute Gasteiger partial charge is 0.292 e. The van der Waals surface area contributed by atoms with Crippen LogP contribution in [0.3, 0.4) is 0 Å². The van der Waals surface area contributed by atoms with Crippen molar-refractivity contribution >= 4 is 29.0 Å². The predicted octanol–water partition coefficient (Wildman–Crippen LogP) is 5.47. The molecule has 0 aliphatic carbocycles. The Morgan fingerprint density at radius 3 is 2.43 bits per heavy atom. The standard InChI is InChI=1S/C17H25Cl2NO/c1-5-7-10-20(12(3)6-2)13(4)17(21)15-9-8-14(18)11-16(15)19/h8-9,11-13H,5-7,10H2,1-4H3. The Bertz CT molecular complexity index is 476. The Kier molecular flexibility index (Phi) is 7.72. The number of benzene rings is 1. The van der Waals surface area contributed by atoms with Gasteiger partial charge in [-0.1, -0.05) is 43.5 Å². The molecule has 1 aromatic carbocycles. The van der Waals surface area contributed by atoms with Crippen LogP contribution in [-0.4, -0.2) is 29.3 Å². The smallest absolute Gasteiger partial charge is 0.181 e. The summed E-state index contributed by atoms with van der Waals surface area (Å²) < 4.78 is 0. The molecule has 0 aliphatic rings. The van der Waals surface area contributed by atoms with Crippen LogP contribution in [0.25, 0.3) is 0 Å². The summed E-state index contributed by atoms with van der Waals surface area (Å²) in [6.45, 7) is 9.38. The molecule has 0 saturated carbocycles. The lowest BCUT2D eigenvalue weighted by Gasteiger charge is -2.33. The number of unbranched alkanes of at least 4 members (excludes halogenated alkanes) is 1. The van der Waals surface area contributed by atoms with E-state index in [1.54, 1.807) is 18.2 Å². The number of hydrogen-bond acceptors (Lipinski definition) is 2.